The fraction of sp³-hybridized carbons (Fsp3) is 0.450. The molecule has 1 N–H and O–H groups in total. The molecule has 27 heavy (non-hydrogen) atoms. The van der Waals surface area contributed by atoms with Crippen molar-refractivity contribution in [3.8, 4) is 17.4 Å². The molecular formula is C20H25N3O4. The van der Waals surface area contributed by atoms with E-state index >= 15 is 0 Å². The van der Waals surface area contributed by atoms with Crippen LogP contribution in [0.3, 0.4) is 0 Å². The summed E-state index contributed by atoms with van der Waals surface area (Å²) >= 11 is 0. The lowest BCUT2D eigenvalue weighted by atomic mass is 9.92. The van der Waals surface area contributed by atoms with Gasteiger partial charge in [-0.2, -0.15) is 0 Å². The Labute approximate surface area is 159 Å². The molecule has 1 aromatic heterocycles. The number of carbonyl (C=O) groups excluding carboxylic acids is 1. The van der Waals surface area contributed by atoms with E-state index in [1.165, 1.54) is 0 Å². The second-order valence-corrected chi connectivity index (χ2v) is 6.57. The van der Waals surface area contributed by atoms with Crippen LogP contribution >= 0.6 is 0 Å². The van der Waals surface area contributed by atoms with Gasteiger partial charge in [0.25, 0.3) is 0 Å². The lowest BCUT2D eigenvalue weighted by Crippen LogP contribution is -2.40. The molecule has 144 valence electrons. The van der Waals surface area contributed by atoms with Crippen molar-refractivity contribution in [1.82, 2.24) is 15.3 Å². The highest BCUT2D eigenvalue weighted by molar-refractivity contribution is 5.79. The van der Waals surface area contributed by atoms with Crippen LogP contribution in [0.1, 0.15) is 31.2 Å². The van der Waals surface area contributed by atoms with Crippen molar-refractivity contribution in [2.45, 2.75) is 44.2 Å². The highest BCUT2D eigenvalue weighted by atomic mass is 16.5. The Morgan fingerprint density at radius 3 is 2.56 bits per heavy atom. The number of methoxy groups -OCH3 is 2. The Hall–Kier alpha value is -2.83. The number of amides is 1. The third kappa shape index (κ3) is 5.32. The Bertz CT molecular complexity index is 746. The van der Waals surface area contributed by atoms with Gasteiger partial charge in [-0.15, -0.1) is 0 Å². The van der Waals surface area contributed by atoms with E-state index in [0.717, 1.165) is 31.2 Å². The average molecular weight is 371 g/mol. The number of hydrogen-bond acceptors (Lipinski definition) is 6. The first-order chi connectivity index (χ1) is 13.2. The molecule has 0 atom stereocenters. The summed E-state index contributed by atoms with van der Waals surface area (Å²) in [6.07, 6.45) is 8.86. The van der Waals surface area contributed by atoms with Crippen LogP contribution in [0, 0.1) is 0 Å². The molecule has 1 aromatic carbocycles. The normalized spacial score (nSPS) is 19.2. The van der Waals surface area contributed by atoms with Crippen LogP contribution in [0.5, 0.6) is 17.4 Å². The molecule has 0 bridgehead atoms. The molecule has 0 radical (unpaired) electrons. The molecule has 1 amide bonds. The molecule has 7 heteroatoms. The Morgan fingerprint density at radius 1 is 1.11 bits per heavy atom. The van der Waals surface area contributed by atoms with E-state index in [0.29, 0.717) is 23.8 Å². The van der Waals surface area contributed by atoms with Crippen molar-refractivity contribution in [3.63, 3.8) is 0 Å². The maximum absolute atomic E-state index is 12.4. The van der Waals surface area contributed by atoms with Crippen LogP contribution in [0.4, 0.5) is 0 Å². The fourth-order valence-corrected chi connectivity index (χ4v) is 3.30. The minimum absolute atomic E-state index is 0.0144. The summed E-state index contributed by atoms with van der Waals surface area (Å²) in [7, 11) is 3.18. The van der Waals surface area contributed by atoms with Crippen LogP contribution in [0.15, 0.2) is 36.8 Å². The topological polar surface area (TPSA) is 82.6 Å². The summed E-state index contributed by atoms with van der Waals surface area (Å²) in [4.78, 5) is 20.5. The zero-order valence-electron chi connectivity index (χ0n) is 15.7. The molecule has 0 saturated heterocycles. The molecule has 0 aliphatic heterocycles. The van der Waals surface area contributed by atoms with Gasteiger partial charge in [0.1, 0.15) is 6.10 Å². The van der Waals surface area contributed by atoms with E-state index in [2.05, 4.69) is 15.3 Å². The van der Waals surface area contributed by atoms with Gasteiger partial charge in [-0.3, -0.25) is 9.78 Å². The molecule has 1 fully saturated rings. The quantitative estimate of drug-likeness (QED) is 0.805. The van der Waals surface area contributed by atoms with E-state index in [1.807, 2.05) is 18.2 Å². The number of nitrogens with one attached hydrogen (secondary N) is 1. The molecule has 1 aliphatic carbocycles. The molecular weight excluding hydrogens is 346 g/mol. The van der Waals surface area contributed by atoms with Crippen LogP contribution < -0.4 is 19.5 Å². The number of carbonyl (C=O) groups is 1. The molecule has 1 aliphatic rings. The van der Waals surface area contributed by atoms with Gasteiger partial charge in [0.05, 0.1) is 26.8 Å². The van der Waals surface area contributed by atoms with Gasteiger partial charge in [0, 0.05) is 18.4 Å². The SMILES string of the molecule is COc1ccc(CC(=O)NC2CCC(Oc3cnccn3)CC2)cc1OC. The van der Waals surface area contributed by atoms with E-state index in [4.69, 9.17) is 14.2 Å². The predicted molar refractivity (Wildman–Crippen MR) is 100 cm³/mol. The summed E-state index contributed by atoms with van der Waals surface area (Å²) < 4.78 is 16.4. The molecule has 1 heterocycles. The van der Waals surface area contributed by atoms with E-state index in [-0.39, 0.29) is 18.1 Å². The number of hydrogen-bond donors (Lipinski definition) is 1. The van der Waals surface area contributed by atoms with Crippen molar-refractivity contribution >= 4 is 5.91 Å². The van der Waals surface area contributed by atoms with Crippen LogP contribution in [0.25, 0.3) is 0 Å². The zero-order chi connectivity index (χ0) is 19.1. The zero-order valence-corrected chi connectivity index (χ0v) is 15.7. The van der Waals surface area contributed by atoms with Crippen molar-refractivity contribution in [2.24, 2.45) is 0 Å². The highest BCUT2D eigenvalue weighted by Gasteiger charge is 2.24. The minimum atomic E-state index is 0.0144. The second kappa shape index (κ2) is 9.21. The first-order valence-corrected chi connectivity index (χ1v) is 9.11. The summed E-state index contributed by atoms with van der Waals surface area (Å²) in [5.74, 6) is 1.85. The monoisotopic (exact) mass is 371 g/mol. The lowest BCUT2D eigenvalue weighted by molar-refractivity contribution is -0.121. The van der Waals surface area contributed by atoms with Crippen LogP contribution in [0.2, 0.25) is 0 Å². The number of benzene rings is 1. The first-order valence-electron chi connectivity index (χ1n) is 9.11. The largest absolute Gasteiger partial charge is 0.493 e. The van der Waals surface area contributed by atoms with Gasteiger partial charge in [0.2, 0.25) is 11.8 Å². The fourth-order valence-electron chi connectivity index (χ4n) is 3.30. The average Bonchev–Trinajstić information content (AvgIpc) is 2.70. The number of aromatic nitrogens is 2. The number of rotatable bonds is 7. The van der Waals surface area contributed by atoms with Crippen LogP contribution in [-0.2, 0) is 11.2 Å². The third-order valence-electron chi connectivity index (χ3n) is 4.68. The maximum Gasteiger partial charge on any atom is 0.232 e. The third-order valence-corrected chi connectivity index (χ3v) is 4.68. The molecule has 0 spiro atoms. The summed E-state index contributed by atoms with van der Waals surface area (Å²) in [5.41, 5.74) is 0.893. The summed E-state index contributed by atoms with van der Waals surface area (Å²) in [6, 6.07) is 5.71. The van der Waals surface area contributed by atoms with Crippen LogP contribution in [-0.4, -0.2) is 42.2 Å². The standard InChI is InChI=1S/C20H25N3O4/c1-25-17-8-3-14(11-18(17)26-2)12-19(24)23-15-4-6-16(7-5-15)27-20-13-21-9-10-22-20/h3,8-11,13,15-16H,4-7,12H2,1-2H3,(H,23,24). The Kier molecular flexibility index (Phi) is 6.46. The van der Waals surface area contributed by atoms with Crippen molar-refractivity contribution in [2.75, 3.05) is 14.2 Å². The Balaban J connectivity index is 1.45. The highest BCUT2D eigenvalue weighted by Crippen LogP contribution is 2.28. The smallest absolute Gasteiger partial charge is 0.232 e. The lowest BCUT2D eigenvalue weighted by Gasteiger charge is -2.29. The summed E-state index contributed by atoms with van der Waals surface area (Å²) in [6.45, 7) is 0. The molecule has 1 saturated carbocycles. The van der Waals surface area contributed by atoms with Crippen molar-refractivity contribution < 1.29 is 19.0 Å². The van der Waals surface area contributed by atoms with Gasteiger partial charge in [-0.05, 0) is 43.4 Å². The first kappa shape index (κ1) is 18.9. The molecule has 7 nitrogen and oxygen atoms in total. The van der Waals surface area contributed by atoms with E-state index in [1.54, 1.807) is 32.8 Å². The van der Waals surface area contributed by atoms with Gasteiger partial charge in [0.15, 0.2) is 11.5 Å². The van der Waals surface area contributed by atoms with Gasteiger partial charge >= 0.3 is 0 Å². The van der Waals surface area contributed by atoms with Gasteiger partial charge < -0.3 is 19.5 Å². The molecule has 3 rings (SSSR count). The molecule has 2 aromatic rings. The van der Waals surface area contributed by atoms with Gasteiger partial charge in [-0.1, -0.05) is 6.07 Å². The van der Waals surface area contributed by atoms with E-state index in [9.17, 15) is 4.79 Å². The van der Waals surface area contributed by atoms with Gasteiger partial charge in [-0.25, -0.2) is 4.98 Å². The Morgan fingerprint density at radius 2 is 1.89 bits per heavy atom. The van der Waals surface area contributed by atoms with E-state index < -0.39 is 0 Å². The van der Waals surface area contributed by atoms with Crippen molar-refractivity contribution in [3.05, 3.63) is 42.4 Å². The second-order valence-electron chi connectivity index (χ2n) is 6.57. The number of nitrogens with zero attached hydrogens (tertiary/aromatic N) is 2. The summed E-state index contributed by atoms with van der Waals surface area (Å²) in [5, 5.41) is 3.12. The minimum Gasteiger partial charge on any atom is -0.493 e. The maximum atomic E-state index is 12.4. The van der Waals surface area contributed by atoms with Crippen molar-refractivity contribution in [1.29, 1.82) is 0 Å². The number of ether oxygens (including phenoxy) is 3. The molecule has 0 unspecified atom stereocenters. The predicted octanol–water partition coefficient (Wildman–Crippen LogP) is 2.54.